The molecule has 0 amide bonds. The van der Waals surface area contributed by atoms with E-state index in [0.717, 1.165) is 11.6 Å². The average Bonchev–Trinajstić information content (AvgIpc) is 2.39. The molecule has 1 aliphatic rings. The van der Waals surface area contributed by atoms with Crippen LogP contribution < -0.4 is 10.6 Å². The highest BCUT2D eigenvalue weighted by Gasteiger charge is 2.18. The fraction of sp³-hybridized carbons (Fsp3) is 0.615. The topological polar surface area (TPSA) is 42.1 Å². The van der Waals surface area contributed by atoms with E-state index in [2.05, 4.69) is 22.9 Å². The first-order chi connectivity index (χ1) is 7.83. The van der Waals surface area contributed by atoms with Crippen LogP contribution in [0.25, 0.3) is 0 Å². The molecule has 1 aromatic rings. The van der Waals surface area contributed by atoms with Crippen molar-refractivity contribution in [2.45, 2.75) is 32.7 Å². The van der Waals surface area contributed by atoms with Gasteiger partial charge in [-0.3, -0.25) is 4.98 Å². The SMILES string of the molecule is CCC1CCCN(c2ccc(CN)nc2)C1. The molecule has 1 aliphatic heterocycles. The third-order valence-corrected chi connectivity index (χ3v) is 3.48. The molecule has 2 heterocycles. The van der Waals surface area contributed by atoms with Crippen molar-refractivity contribution in [2.75, 3.05) is 18.0 Å². The van der Waals surface area contributed by atoms with Gasteiger partial charge < -0.3 is 10.6 Å². The zero-order chi connectivity index (χ0) is 11.4. The van der Waals surface area contributed by atoms with Crippen molar-refractivity contribution in [2.24, 2.45) is 11.7 Å². The van der Waals surface area contributed by atoms with E-state index in [0.29, 0.717) is 6.54 Å². The van der Waals surface area contributed by atoms with Crippen LogP contribution in [-0.4, -0.2) is 18.1 Å². The summed E-state index contributed by atoms with van der Waals surface area (Å²) in [6.45, 7) is 5.15. The molecule has 0 aromatic carbocycles. The van der Waals surface area contributed by atoms with Gasteiger partial charge in [-0.2, -0.15) is 0 Å². The summed E-state index contributed by atoms with van der Waals surface area (Å²) in [6, 6.07) is 4.18. The van der Waals surface area contributed by atoms with Crippen molar-refractivity contribution in [1.82, 2.24) is 4.98 Å². The Kier molecular flexibility index (Phi) is 3.78. The highest BCUT2D eigenvalue weighted by atomic mass is 15.1. The van der Waals surface area contributed by atoms with Gasteiger partial charge in [-0.25, -0.2) is 0 Å². The van der Waals surface area contributed by atoms with Crippen molar-refractivity contribution in [1.29, 1.82) is 0 Å². The fourth-order valence-electron chi connectivity index (χ4n) is 2.36. The number of nitrogens with two attached hydrogens (primary N) is 1. The third-order valence-electron chi connectivity index (χ3n) is 3.48. The molecule has 0 aliphatic carbocycles. The van der Waals surface area contributed by atoms with Crippen molar-refractivity contribution in [3.05, 3.63) is 24.0 Å². The maximum Gasteiger partial charge on any atom is 0.0553 e. The molecule has 1 fully saturated rings. The summed E-state index contributed by atoms with van der Waals surface area (Å²) in [6.07, 6.45) is 5.92. The Morgan fingerprint density at radius 3 is 3.00 bits per heavy atom. The predicted octanol–water partition coefficient (Wildman–Crippen LogP) is 2.17. The van der Waals surface area contributed by atoms with Crippen LogP contribution >= 0.6 is 0 Å². The largest absolute Gasteiger partial charge is 0.370 e. The summed E-state index contributed by atoms with van der Waals surface area (Å²) in [4.78, 5) is 6.81. The van der Waals surface area contributed by atoms with E-state index in [1.807, 2.05) is 12.3 Å². The number of anilines is 1. The molecule has 1 atom stereocenters. The van der Waals surface area contributed by atoms with Crippen LogP contribution in [0.4, 0.5) is 5.69 Å². The van der Waals surface area contributed by atoms with Gasteiger partial charge in [-0.05, 0) is 30.9 Å². The molecule has 88 valence electrons. The molecule has 2 N–H and O–H groups in total. The van der Waals surface area contributed by atoms with E-state index < -0.39 is 0 Å². The number of pyridine rings is 1. The minimum atomic E-state index is 0.526. The molecule has 3 heteroatoms. The lowest BCUT2D eigenvalue weighted by molar-refractivity contribution is 0.404. The summed E-state index contributed by atoms with van der Waals surface area (Å²) in [5, 5.41) is 0. The minimum Gasteiger partial charge on any atom is -0.370 e. The predicted molar refractivity (Wildman–Crippen MR) is 67.4 cm³/mol. The molecule has 0 radical (unpaired) electrons. The third kappa shape index (κ3) is 2.53. The summed E-state index contributed by atoms with van der Waals surface area (Å²) >= 11 is 0. The molecule has 3 nitrogen and oxygen atoms in total. The molecule has 1 saturated heterocycles. The minimum absolute atomic E-state index is 0.526. The Labute approximate surface area is 97.7 Å². The highest BCUT2D eigenvalue weighted by Crippen LogP contribution is 2.24. The zero-order valence-electron chi connectivity index (χ0n) is 10.0. The maximum atomic E-state index is 5.55. The Morgan fingerprint density at radius 2 is 2.38 bits per heavy atom. The Balaban J connectivity index is 2.05. The smallest absolute Gasteiger partial charge is 0.0553 e. The monoisotopic (exact) mass is 219 g/mol. The molecule has 0 saturated carbocycles. The molecule has 0 spiro atoms. The van der Waals surface area contributed by atoms with E-state index >= 15 is 0 Å². The second kappa shape index (κ2) is 5.30. The van der Waals surface area contributed by atoms with Gasteiger partial charge in [0.15, 0.2) is 0 Å². The van der Waals surface area contributed by atoms with Crippen LogP contribution in [-0.2, 0) is 6.54 Å². The standard InChI is InChI=1S/C13H21N3/c1-2-11-4-3-7-16(10-11)13-6-5-12(8-14)15-9-13/h5-6,9,11H,2-4,7-8,10,14H2,1H3. The second-order valence-corrected chi connectivity index (χ2v) is 4.57. The number of rotatable bonds is 3. The number of nitrogens with zero attached hydrogens (tertiary/aromatic N) is 2. The Morgan fingerprint density at radius 1 is 1.50 bits per heavy atom. The number of aromatic nitrogens is 1. The van der Waals surface area contributed by atoms with Gasteiger partial charge in [0.2, 0.25) is 0 Å². The summed E-state index contributed by atoms with van der Waals surface area (Å²) in [5.74, 6) is 0.850. The summed E-state index contributed by atoms with van der Waals surface area (Å²) in [5.41, 5.74) is 7.76. The maximum absolute atomic E-state index is 5.55. The van der Waals surface area contributed by atoms with E-state index in [9.17, 15) is 0 Å². The van der Waals surface area contributed by atoms with Crippen LogP contribution in [0.3, 0.4) is 0 Å². The van der Waals surface area contributed by atoms with Crippen LogP contribution in [0.15, 0.2) is 18.3 Å². The number of hydrogen-bond donors (Lipinski definition) is 1. The molecular formula is C13H21N3. The van der Waals surface area contributed by atoms with Gasteiger partial charge in [-0.1, -0.05) is 13.3 Å². The highest BCUT2D eigenvalue weighted by molar-refractivity contribution is 5.45. The van der Waals surface area contributed by atoms with E-state index in [4.69, 9.17) is 5.73 Å². The van der Waals surface area contributed by atoms with Crippen LogP contribution in [0.1, 0.15) is 31.9 Å². The molecule has 0 bridgehead atoms. The van der Waals surface area contributed by atoms with Gasteiger partial charge in [-0.15, -0.1) is 0 Å². The van der Waals surface area contributed by atoms with E-state index in [-0.39, 0.29) is 0 Å². The van der Waals surface area contributed by atoms with E-state index in [1.54, 1.807) is 0 Å². The molecular weight excluding hydrogens is 198 g/mol. The van der Waals surface area contributed by atoms with Crippen molar-refractivity contribution < 1.29 is 0 Å². The fourth-order valence-corrected chi connectivity index (χ4v) is 2.36. The quantitative estimate of drug-likeness (QED) is 0.847. The molecule has 1 unspecified atom stereocenters. The lowest BCUT2D eigenvalue weighted by atomic mass is 9.95. The summed E-state index contributed by atoms with van der Waals surface area (Å²) < 4.78 is 0. The van der Waals surface area contributed by atoms with Crippen LogP contribution in [0.2, 0.25) is 0 Å². The van der Waals surface area contributed by atoms with Crippen LogP contribution in [0.5, 0.6) is 0 Å². The van der Waals surface area contributed by atoms with Gasteiger partial charge in [0.1, 0.15) is 0 Å². The Hall–Kier alpha value is -1.09. The van der Waals surface area contributed by atoms with Gasteiger partial charge in [0.05, 0.1) is 17.6 Å². The van der Waals surface area contributed by atoms with Crippen LogP contribution in [0, 0.1) is 5.92 Å². The van der Waals surface area contributed by atoms with Gasteiger partial charge in [0.25, 0.3) is 0 Å². The molecule has 2 rings (SSSR count). The van der Waals surface area contributed by atoms with Crippen molar-refractivity contribution in [3.8, 4) is 0 Å². The first-order valence-corrected chi connectivity index (χ1v) is 6.23. The summed E-state index contributed by atoms with van der Waals surface area (Å²) in [7, 11) is 0. The number of piperidine rings is 1. The number of hydrogen-bond acceptors (Lipinski definition) is 3. The molecule has 16 heavy (non-hydrogen) atoms. The Bertz CT molecular complexity index is 320. The zero-order valence-corrected chi connectivity index (χ0v) is 10.0. The van der Waals surface area contributed by atoms with Crippen molar-refractivity contribution >= 4 is 5.69 Å². The molecule has 1 aromatic heterocycles. The van der Waals surface area contributed by atoms with Crippen molar-refractivity contribution in [3.63, 3.8) is 0 Å². The van der Waals surface area contributed by atoms with E-state index in [1.165, 1.54) is 38.0 Å². The lowest BCUT2D eigenvalue weighted by Gasteiger charge is -2.33. The normalized spacial score (nSPS) is 21.1. The lowest BCUT2D eigenvalue weighted by Crippen LogP contribution is -2.35. The average molecular weight is 219 g/mol. The first-order valence-electron chi connectivity index (χ1n) is 6.23. The first kappa shape index (κ1) is 11.4. The second-order valence-electron chi connectivity index (χ2n) is 4.57. The van der Waals surface area contributed by atoms with Gasteiger partial charge in [0, 0.05) is 19.6 Å². The van der Waals surface area contributed by atoms with Gasteiger partial charge >= 0.3 is 0 Å².